The highest BCUT2D eigenvalue weighted by molar-refractivity contribution is 7.91. The molecule has 8 nitrogen and oxygen atoms in total. The Morgan fingerprint density at radius 1 is 1.14 bits per heavy atom. The highest BCUT2D eigenvalue weighted by atomic mass is 35.5. The number of halogens is 1. The van der Waals surface area contributed by atoms with Gasteiger partial charge in [0.25, 0.3) is 5.91 Å². The first-order valence-corrected chi connectivity index (χ1v) is 15.0. The van der Waals surface area contributed by atoms with E-state index in [9.17, 15) is 22.8 Å². The highest BCUT2D eigenvalue weighted by Crippen LogP contribution is 2.31. The number of nitrogens with zero attached hydrogens (tertiary/aromatic N) is 1. The monoisotopic (exact) mass is 551 g/mol. The van der Waals surface area contributed by atoms with Crippen LogP contribution in [0.1, 0.15) is 55.1 Å². The molecule has 1 aromatic carbocycles. The number of carbonyl (C=O) groups excluding carboxylic acids is 3. The first-order valence-electron chi connectivity index (χ1n) is 12.1. The van der Waals surface area contributed by atoms with Gasteiger partial charge in [-0.15, -0.1) is 11.3 Å². The first kappa shape index (κ1) is 26.6. The summed E-state index contributed by atoms with van der Waals surface area (Å²) in [6.45, 7) is 2.00. The number of sulfone groups is 1. The fourth-order valence-corrected chi connectivity index (χ4v) is 6.95. The second-order valence-electron chi connectivity index (χ2n) is 9.27. The Morgan fingerprint density at radius 3 is 2.50 bits per heavy atom. The molecule has 2 aliphatic rings. The highest BCUT2D eigenvalue weighted by Gasteiger charge is 2.43. The molecule has 1 unspecified atom stereocenters. The zero-order chi connectivity index (χ0) is 25.9. The number of anilines is 1. The maximum atomic E-state index is 13.5. The van der Waals surface area contributed by atoms with E-state index in [4.69, 9.17) is 11.6 Å². The van der Waals surface area contributed by atoms with E-state index < -0.39 is 21.4 Å². The number of ketones is 1. The lowest BCUT2D eigenvalue weighted by atomic mass is 9.80. The van der Waals surface area contributed by atoms with Crippen molar-refractivity contribution in [3.63, 3.8) is 0 Å². The average Bonchev–Trinajstić information content (AvgIpc) is 3.32. The lowest BCUT2D eigenvalue weighted by Gasteiger charge is -2.39. The number of amides is 2. The van der Waals surface area contributed by atoms with Gasteiger partial charge in [-0.3, -0.25) is 14.4 Å². The van der Waals surface area contributed by atoms with E-state index >= 15 is 0 Å². The van der Waals surface area contributed by atoms with Gasteiger partial charge in [0.1, 0.15) is 5.54 Å². The quantitative estimate of drug-likeness (QED) is 0.544. The summed E-state index contributed by atoms with van der Waals surface area (Å²) in [5.74, 6) is -0.922. The molecule has 11 heteroatoms. The van der Waals surface area contributed by atoms with Crippen LogP contribution >= 0.6 is 22.9 Å². The minimum Gasteiger partial charge on any atom is -0.363 e. The van der Waals surface area contributed by atoms with Gasteiger partial charge in [0.15, 0.2) is 15.6 Å². The zero-order valence-corrected chi connectivity index (χ0v) is 22.5. The van der Waals surface area contributed by atoms with E-state index in [0.717, 1.165) is 30.6 Å². The molecule has 4 rings (SSSR count). The van der Waals surface area contributed by atoms with Crippen molar-refractivity contribution in [2.75, 3.05) is 23.7 Å². The minimum absolute atomic E-state index is 0.00571. The number of nitrogens with one attached hydrogen (secondary N) is 2. The normalized spacial score (nSPS) is 20.1. The number of hydrogen-bond donors (Lipinski definition) is 2. The fraction of sp³-hybridized carbons (Fsp3) is 0.480. The van der Waals surface area contributed by atoms with Crippen LogP contribution in [0.4, 0.5) is 5.69 Å². The predicted octanol–water partition coefficient (Wildman–Crippen LogP) is 3.59. The molecular weight excluding hydrogens is 522 g/mol. The van der Waals surface area contributed by atoms with Crippen molar-refractivity contribution < 1.29 is 22.8 Å². The molecule has 194 valence electrons. The fourth-order valence-electron chi connectivity index (χ4n) is 4.89. The molecule has 1 aromatic heterocycles. The molecule has 0 spiro atoms. The number of Topliss-reactive ketones (excluding diaryl/α,β-unsaturated/α-hetero) is 1. The van der Waals surface area contributed by atoms with Gasteiger partial charge in [-0.05, 0) is 43.5 Å². The summed E-state index contributed by atoms with van der Waals surface area (Å²) in [6.07, 6.45) is 3.92. The van der Waals surface area contributed by atoms with E-state index in [1.165, 1.54) is 0 Å². The number of thiophene rings is 1. The SMILES string of the molecule is CCS(=O)(=O)c1ccccc1N1CCC(NC(=O)C2(NC(=O)c3ccc(Cl)s3)CCCCC2)C(=O)C1. The molecule has 1 aliphatic carbocycles. The van der Waals surface area contributed by atoms with Crippen molar-refractivity contribution in [1.82, 2.24) is 10.6 Å². The summed E-state index contributed by atoms with van der Waals surface area (Å²) in [6, 6.07) is 9.26. The van der Waals surface area contributed by atoms with Crippen LogP contribution in [0.15, 0.2) is 41.3 Å². The number of hydrogen-bond acceptors (Lipinski definition) is 7. The van der Waals surface area contributed by atoms with Crippen LogP contribution in [0.5, 0.6) is 0 Å². The van der Waals surface area contributed by atoms with Gasteiger partial charge in [0.05, 0.1) is 38.1 Å². The average molecular weight is 552 g/mol. The van der Waals surface area contributed by atoms with Crippen molar-refractivity contribution >= 4 is 56.1 Å². The van der Waals surface area contributed by atoms with Gasteiger partial charge in [0.2, 0.25) is 5.91 Å². The van der Waals surface area contributed by atoms with E-state index in [2.05, 4.69) is 10.6 Å². The topological polar surface area (TPSA) is 113 Å². The molecule has 1 aliphatic heterocycles. The standard InChI is InChI=1S/C25H30ClN3O5S2/c1-2-36(33,34)21-9-5-4-8-18(21)29-15-12-17(19(30)16-29)27-24(32)25(13-6-3-7-14-25)28-23(31)20-10-11-22(26)35-20/h4-5,8-11,17H,2-3,6-7,12-16H2,1H3,(H,27,32)(H,28,31). The van der Waals surface area contributed by atoms with Crippen LogP contribution in [-0.4, -0.2) is 56.4 Å². The van der Waals surface area contributed by atoms with Crippen LogP contribution in [0.3, 0.4) is 0 Å². The molecule has 1 saturated heterocycles. The molecule has 0 radical (unpaired) electrons. The van der Waals surface area contributed by atoms with Crippen LogP contribution in [0.2, 0.25) is 4.34 Å². The second-order valence-corrected chi connectivity index (χ2v) is 13.2. The van der Waals surface area contributed by atoms with Gasteiger partial charge in [-0.1, -0.05) is 49.9 Å². The van der Waals surface area contributed by atoms with E-state index in [1.54, 1.807) is 48.2 Å². The maximum Gasteiger partial charge on any atom is 0.262 e. The molecule has 1 saturated carbocycles. The first-order chi connectivity index (χ1) is 17.1. The van der Waals surface area contributed by atoms with E-state index in [1.807, 2.05) is 0 Å². The summed E-state index contributed by atoms with van der Waals surface area (Å²) in [7, 11) is -3.45. The van der Waals surface area contributed by atoms with Crippen LogP contribution in [-0.2, 0) is 19.4 Å². The molecule has 2 aromatic rings. The Labute approximate surface area is 220 Å². The molecule has 2 fully saturated rings. The third-order valence-electron chi connectivity index (χ3n) is 6.94. The van der Waals surface area contributed by atoms with Crippen LogP contribution in [0, 0.1) is 0 Å². The lowest BCUT2D eigenvalue weighted by molar-refractivity contribution is -0.133. The van der Waals surface area contributed by atoms with Gasteiger partial charge in [-0.2, -0.15) is 0 Å². The smallest absolute Gasteiger partial charge is 0.262 e. The Hall–Kier alpha value is -2.43. The molecule has 2 heterocycles. The molecule has 2 amide bonds. The number of benzene rings is 1. The minimum atomic E-state index is -3.45. The summed E-state index contributed by atoms with van der Waals surface area (Å²) in [5, 5.41) is 5.84. The largest absolute Gasteiger partial charge is 0.363 e. The number of rotatable bonds is 7. The molecular formula is C25H30ClN3O5S2. The van der Waals surface area contributed by atoms with Gasteiger partial charge in [-0.25, -0.2) is 8.42 Å². The Kier molecular flexibility index (Phi) is 8.06. The number of carbonyl (C=O) groups is 3. The Balaban J connectivity index is 1.46. The van der Waals surface area contributed by atoms with Crippen molar-refractivity contribution in [3.8, 4) is 0 Å². The Bertz CT molecular complexity index is 1250. The summed E-state index contributed by atoms with van der Waals surface area (Å²) >= 11 is 7.13. The third-order valence-corrected chi connectivity index (χ3v) is 9.95. The summed E-state index contributed by atoms with van der Waals surface area (Å²) in [5.41, 5.74) is -0.575. The summed E-state index contributed by atoms with van der Waals surface area (Å²) < 4.78 is 25.6. The van der Waals surface area contributed by atoms with Crippen molar-refractivity contribution in [3.05, 3.63) is 45.6 Å². The predicted molar refractivity (Wildman–Crippen MR) is 141 cm³/mol. The third kappa shape index (κ3) is 5.60. The zero-order valence-electron chi connectivity index (χ0n) is 20.1. The van der Waals surface area contributed by atoms with Crippen LogP contribution < -0.4 is 15.5 Å². The molecule has 1 atom stereocenters. The van der Waals surface area contributed by atoms with Gasteiger partial charge < -0.3 is 15.5 Å². The molecule has 36 heavy (non-hydrogen) atoms. The van der Waals surface area contributed by atoms with Crippen LogP contribution in [0.25, 0.3) is 0 Å². The van der Waals surface area contributed by atoms with Crippen molar-refractivity contribution in [2.24, 2.45) is 0 Å². The van der Waals surface area contributed by atoms with Crippen molar-refractivity contribution in [2.45, 2.75) is 61.9 Å². The van der Waals surface area contributed by atoms with Gasteiger partial charge >= 0.3 is 0 Å². The number of piperidine rings is 1. The van der Waals surface area contributed by atoms with Gasteiger partial charge in [0, 0.05) is 6.54 Å². The second kappa shape index (κ2) is 10.9. The van der Waals surface area contributed by atoms with E-state index in [-0.39, 0.29) is 34.8 Å². The number of para-hydroxylation sites is 1. The Morgan fingerprint density at radius 2 is 1.86 bits per heavy atom. The summed E-state index contributed by atoms with van der Waals surface area (Å²) in [4.78, 5) is 41.8. The van der Waals surface area contributed by atoms with E-state index in [0.29, 0.717) is 40.7 Å². The maximum absolute atomic E-state index is 13.5. The molecule has 0 bridgehead atoms. The lowest BCUT2D eigenvalue weighted by Crippen LogP contribution is -2.63. The molecule has 2 N–H and O–H groups in total. The van der Waals surface area contributed by atoms with Crippen molar-refractivity contribution in [1.29, 1.82) is 0 Å².